The van der Waals surface area contributed by atoms with Crippen LogP contribution in [0.15, 0.2) is 63.7 Å². The number of fused-ring (bicyclic) bond motifs is 1. The van der Waals surface area contributed by atoms with Crippen LogP contribution < -0.4 is 10.1 Å². The van der Waals surface area contributed by atoms with Crippen molar-refractivity contribution in [3.8, 4) is 5.75 Å². The number of nitrogens with one attached hydrogen (secondary N) is 1. The number of piperazine rings is 1. The third-order valence-corrected chi connectivity index (χ3v) is 11.1. The molecule has 15 heteroatoms. The number of hydrogen-bond acceptors (Lipinski definition) is 9. The van der Waals surface area contributed by atoms with Crippen LogP contribution in [0.4, 0.5) is 0 Å². The number of carbonyl (C=O) groups is 3. The molecule has 2 saturated heterocycles. The molecule has 0 aliphatic carbocycles. The number of aliphatic hydroxyl groups excluding tert-OH is 1. The van der Waals surface area contributed by atoms with Gasteiger partial charge < -0.3 is 29.9 Å². The first-order valence-electron chi connectivity index (χ1n) is 13.5. The second kappa shape index (κ2) is 12.8. The van der Waals surface area contributed by atoms with Crippen molar-refractivity contribution < 1.29 is 32.6 Å². The van der Waals surface area contributed by atoms with E-state index in [0.29, 0.717) is 40.1 Å². The Hall–Kier alpha value is -3.13. The molecule has 5 rings (SSSR count). The molecular formula is C28H30Cl2N4O7S2. The third-order valence-electron chi connectivity index (χ3n) is 7.72. The summed E-state index contributed by atoms with van der Waals surface area (Å²) in [6.45, 7) is 0.747. The summed E-state index contributed by atoms with van der Waals surface area (Å²) >= 11 is 13.6. The fraction of sp³-hybridized carbons (Fsp3) is 0.393. The van der Waals surface area contributed by atoms with Crippen LogP contribution in [-0.2, 0) is 24.2 Å². The van der Waals surface area contributed by atoms with Crippen molar-refractivity contribution in [1.29, 1.82) is 0 Å². The summed E-state index contributed by atoms with van der Waals surface area (Å²) in [4.78, 5) is 45.1. The summed E-state index contributed by atoms with van der Waals surface area (Å²) in [5.41, 5.74) is -0.193. The lowest BCUT2D eigenvalue weighted by atomic mass is 10.0. The fourth-order valence-electron chi connectivity index (χ4n) is 5.51. The molecular weight excluding hydrogens is 639 g/mol. The highest BCUT2D eigenvalue weighted by Gasteiger charge is 2.47. The Morgan fingerprint density at radius 1 is 1.12 bits per heavy atom. The van der Waals surface area contributed by atoms with Gasteiger partial charge in [0.1, 0.15) is 11.9 Å². The highest BCUT2D eigenvalue weighted by atomic mass is 35.5. The van der Waals surface area contributed by atoms with E-state index >= 15 is 0 Å². The van der Waals surface area contributed by atoms with Gasteiger partial charge >= 0.3 is 0 Å². The number of hydrogen-bond donors (Lipinski definition) is 2. The maximum absolute atomic E-state index is 13.5. The van der Waals surface area contributed by atoms with Gasteiger partial charge in [0.15, 0.2) is 15.5 Å². The molecule has 0 spiro atoms. The van der Waals surface area contributed by atoms with Crippen molar-refractivity contribution in [3.05, 3.63) is 64.0 Å². The van der Waals surface area contributed by atoms with Gasteiger partial charge in [-0.2, -0.15) is 0 Å². The molecule has 2 aromatic carbocycles. The Morgan fingerprint density at radius 3 is 2.58 bits per heavy atom. The Kier molecular flexibility index (Phi) is 9.35. The third kappa shape index (κ3) is 6.54. The summed E-state index contributed by atoms with van der Waals surface area (Å²) in [7, 11) is -2.23. The second-order valence-corrected chi connectivity index (χ2v) is 14.2. The number of amides is 3. The molecule has 2 N–H and O–H groups in total. The summed E-state index contributed by atoms with van der Waals surface area (Å²) < 4.78 is 30.9. The summed E-state index contributed by atoms with van der Waals surface area (Å²) in [6, 6.07) is 10.6. The summed E-state index contributed by atoms with van der Waals surface area (Å²) in [6.07, 6.45) is 0.550. The molecule has 230 valence electrons. The van der Waals surface area contributed by atoms with Gasteiger partial charge in [-0.3, -0.25) is 14.4 Å². The van der Waals surface area contributed by atoms with Crippen LogP contribution >= 0.6 is 35.0 Å². The first-order valence-corrected chi connectivity index (χ1v) is 16.9. The molecule has 0 radical (unpaired) electrons. The molecule has 1 unspecified atom stereocenters. The minimum Gasteiger partial charge on any atom is -0.501 e. The van der Waals surface area contributed by atoms with E-state index in [-0.39, 0.29) is 47.6 Å². The van der Waals surface area contributed by atoms with Gasteiger partial charge in [-0.1, -0.05) is 23.2 Å². The molecule has 2 atom stereocenters. The van der Waals surface area contributed by atoms with Crippen molar-refractivity contribution in [2.75, 3.05) is 44.8 Å². The standard InChI is InChI=1S/C28H30Cl2N4O7S2/c1-41-18-5-7-19(8-6-18)43(39,40)14-13-32-11-12-34-24(28(32)38)25(36)27(37)31-26(34)21-3-2-10-33(21)23(35)16-42-22-15-17(29)4-9-20(22)30/h4-9,15,21,26,36H,2-3,10-14,16H2,1H3,(H,31,37)/t21-,26?/m0/s1. The van der Waals surface area contributed by atoms with E-state index in [0.717, 1.165) is 0 Å². The number of methoxy groups -OCH3 is 1. The van der Waals surface area contributed by atoms with Crippen LogP contribution in [0.2, 0.25) is 10.0 Å². The van der Waals surface area contributed by atoms with E-state index in [2.05, 4.69) is 5.32 Å². The van der Waals surface area contributed by atoms with Crippen LogP contribution in [0.5, 0.6) is 5.75 Å². The number of thioether (sulfide) groups is 1. The van der Waals surface area contributed by atoms with E-state index in [4.69, 9.17) is 27.9 Å². The smallest absolute Gasteiger partial charge is 0.290 e. The minimum atomic E-state index is -3.72. The van der Waals surface area contributed by atoms with E-state index in [1.165, 1.54) is 35.9 Å². The van der Waals surface area contributed by atoms with Gasteiger partial charge in [0.05, 0.1) is 34.6 Å². The molecule has 2 aromatic rings. The molecule has 3 aliphatic rings. The highest BCUT2D eigenvalue weighted by Crippen LogP contribution is 2.33. The summed E-state index contributed by atoms with van der Waals surface area (Å²) in [5, 5.41) is 14.4. The maximum Gasteiger partial charge on any atom is 0.290 e. The van der Waals surface area contributed by atoms with E-state index in [9.17, 15) is 27.9 Å². The Morgan fingerprint density at radius 2 is 1.86 bits per heavy atom. The average molecular weight is 670 g/mol. The van der Waals surface area contributed by atoms with Gasteiger partial charge in [-0.25, -0.2) is 8.42 Å². The van der Waals surface area contributed by atoms with Crippen molar-refractivity contribution >= 4 is 62.5 Å². The van der Waals surface area contributed by atoms with Crippen LogP contribution in [0.3, 0.4) is 0 Å². The van der Waals surface area contributed by atoms with Gasteiger partial charge in [0.25, 0.3) is 11.8 Å². The number of nitrogens with zero attached hydrogens (tertiary/aromatic N) is 3. The largest absolute Gasteiger partial charge is 0.501 e. The maximum atomic E-state index is 13.5. The highest BCUT2D eigenvalue weighted by molar-refractivity contribution is 8.00. The van der Waals surface area contributed by atoms with Crippen molar-refractivity contribution in [2.24, 2.45) is 0 Å². The van der Waals surface area contributed by atoms with Crippen molar-refractivity contribution in [3.63, 3.8) is 0 Å². The number of aliphatic hydroxyl groups is 1. The zero-order chi connectivity index (χ0) is 30.9. The predicted octanol–water partition coefficient (Wildman–Crippen LogP) is 2.93. The van der Waals surface area contributed by atoms with Crippen LogP contribution in [0.1, 0.15) is 12.8 Å². The van der Waals surface area contributed by atoms with Gasteiger partial charge in [0.2, 0.25) is 11.7 Å². The average Bonchev–Trinajstić information content (AvgIpc) is 3.48. The Labute approximate surface area is 263 Å². The lowest BCUT2D eigenvalue weighted by Gasteiger charge is -2.47. The number of halogens is 2. The van der Waals surface area contributed by atoms with Crippen LogP contribution in [0, 0.1) is 0 Å². The normalized spacial score (nSPS) is 20.8. The Bertz CT molecular complexity index is 1570. The molecule has 3 heterocycles. The van der Waals surface area contributed by atoms with E-state index in [1.54, 1.807) is 40.1 Å². The van der Waals surface area contributed by atoms with E-state index < -0.39 is 39.6 Å². The molecule has 0 aromatic heterocycles. The molecule has 0 bridgehead atoms. The zero-order valence-corrected chi connectivity index (χ0v) is 26.3. The van der Waals surface area contributed by atoms with Crippen LogP contribution in [-0.4, -0.2) is 103 Å². The number of sulfone groups is 1. The first kappa shape index (κ1) is 31.3. The zero-order valence-electron chi connectivity index (χ0n) is 23.2. The number of rotatable bonds is 9. The fourth-order valence-corrected chi connectivity index (χ4v) is 8.13. The lowest BCUT2D eigenvalue weighted by molar-refractivity contribution is -0.139. The van der Waals surface area contributed by atoms with Gasteiger partial charge in [0, 0.05) is 36.1 Å². The number of likely N-dealkylation sites (tertiary alicyclic amines) is 1. The lowest BCUT2D eigenvalue weighted by Crippen LogP contribution is -2.66. The molecule has 0 saturated carbocycles. The number of benzene rings is 2. The molecule has 3 amide bonds. The molecule has 11 nitrogen and oxygen atoms in total. The van der Waals surface area contributed by atoms with Crippen molar-refractivity contribution in [2.45, 2.75) is 34.8 Å². The van der Waals surface area contributed by atoms with Gasteiger partial charge in [-0.05, 0) is 55.3 Å². The minimum absolute atomic E-state index is 0.0975. The predicted molar refractivity (Wildman–Crippen MR) is 162 cm³/mol. The van der Waals surface area contributed by atoms with Gasteiger partial charge in [-0.15, -0.1) is 11.8 Å². The molecule has 43 heavy (non-hydrogen) atoms. The SMILES string of the molecule is COc1ccc(S(=O)(=O)CCN2CCN3C(=C(O)C(=O)NC3[C@@H]3CCCN3C(=O)CSc3cc(Cl)ccc3Cl)C2=O)cc1. The quantitative estimate of drug-likeness (QED) is 0.387. The van der Waals surface area contributed by atoms with E-state index in [1.807, 2.05) is 0 Å². The van der Waals surface area contributed by atoms with Crippen LogP contribution in [0.25, 0.3) is 0 Å². The number of carbonyl (C=O) groups excluding carboxylic acids is 3. The van der Waals surface area contributed by atoms with Crippen molar-refractivity contribution in [1.82, 2.24) is 20.0 Å². The topological polar surface area (TPSA) is 137 Å². The Balaban J connectivity index is 1.27. The first-order chi connectivity index (χ1) is 20.5. The number of ether oxygens (including phenoxy) is 1. The molecule has 3 aliphatic heterocycles. The second-order valence-electron chi connectivity index (χ2n) is 10.3. The monoisotopic (exact) mass is 668 g/mol. The molecule has 2 fully saturated rings. The summed E-state index contributed by atoms with van der Waals surface area (Å²) in [5.74, 6) is -2.08.